The van der Waals surface area contributed by atoms with E-state index in [0.717, 1.165) is 16.8 Å². The van der Waals surface area contributed by atoms with Crippen LogP contribution in [0.15, 0.2) is 42.5 Å². The molecule has 0 heterocycles. The molecule has 17 heavy (non-hydrogen) atoms. The smallest absolute Gasteiger partial charge is 0.0433 e. The van der Waals surface area contributed by atoms with Crippen LogP contribution in [-0.2, 0) is 0 Å². The molecule has 2 aromatic rings. The minimum absolute atomic E-state index is 0.583. The summed E-state index contributed by atoms with van der Waals surface area (Å²) in [7, 11) is 0. The standard InChI is InChI=1S/C14H9Cl2N/c15-12-7-11(8-13(16)9-12)2-1-10-3-5-14(17)6-4-10/h3-9H,17H2. The number of nitrogens with two attached hydrogens (primary N) is 1. The zero-order valence-electron chi connectivity index (χ0n) is 8.87. The summed E-state index contributed by atoms with van der Waals surface area (Å²) in [4.78, 5) is 0. The Balaban J connectivity index is 2.29. The van der Waals surface area contributed by atoms with Crippen molar-refractivity contribution in [3.8, 4) is 11.8 Å². The fourth-order valence-electron chi connectivity index (χ4n) is 1.34. The van der Waals surface area contributed by atoms with Gasteiger partial charge >= 0.3 is 0 Å². The number of hydrogen-bond donors (Lipinski definition) is 1. The molecule has 0 fully saturated rings. The second kappa shape index (κ2) is 5.14. The molecule has 1 nitrogen and oxygen atoms in total. The van der Waals surface area contributed by atoms with Crippen LogP contribution < -0.4 is 5.73 Å². The van der Waals surface area contributed by atoms with Crippen LogP contribution in [0.2, 0.25) is 10.0 Å². The van der Waals surface area contributed by atoms with Crippen molar-refractivity contribution in [1.82, 2.24) is 0 Å². The molecule has 0 saturated carbocycles. The molecule has 0 aliphatic carbocycles. The Hall–Kier alpha value is -1.62. The Morgan fingerprint density at radius 3 is 1.88 bits per heavy atom. The molecule has 84 valence electrons. The minimum atomic E-state index is 0.583. The van der Waals surface area contributed by atoms with Gasteiger partial charge in [-0.3, -0.25) is 0 Å². The molecule has 0 atom stereocenters. The molecule has 0 aliphatic heterocycles. The molecule has 2 aromatic carbocycles. The molecule has 3 heteroatoms. The van der Waals surface area contributed by atoms with Gasteiger partial charge in [0.05, 0.1) is 0 Å². The quantitative estimate of drug-likeness (QED) is 0.564. The van der Waals surface area contributed by atoms with E-state index in [1.165, 1.54) is 0 Å². The zero-order valence-corrected chi connectivity index (χ0v) is 10.4. The van der Waals surface area contributed by atoms with E-state index >= 15 is 0 Å². The summed E-state index contributed by atoms with van der Waals surface area (Å²) in [6.07, 6.45) is 0. The number of rotatable bonds is 0. The third-order valence-electron chi connectivity index (χ3n) is 2.12. The average molecular weight is 262 g/mol. The van der Waals surface area contributed by atoms with Crippen molar-refractivity contribution >= 4 is 28.9 Å². The summed E-state index contributed by atoms with van der Waals surface area (Å²) >= 11 is 11.8. The van der Waals surface area contributed by atoms with Gasteiger partial charge < -0.3 is 5.73 Å². The Morgan fingerprint density at radius 2 is 1.29 bits per heavy atom. The molecule has 2 rings (SSSR count). The summed E-state index contributed by atoms with van der Waals surface area (Å²) in [5, 5.41) is 1.17. The van der Waals surface area contributed by atoms with Crippen molar-refractivity contribution in [3.05, 3.63) is 63.6 Å². The molecule has 2 N–H and O–H groups in total. The maximum Gasteiger partial charge on any atom is 0.0433 e. The van der Waals surface area contributed by atoms with Gasteiger partial charge in [-0.2, -0.15) is 0 Å². The van der Waals surface area contributed by atoms with Gasteiger partial charge in [0.2, 0.25) is 0 Å². The van der Waals surface area contributed by atoms with E-state index < -0.39 is 0 Å². The summed E-state index contributed by atoms with van der Waals surface area (Å²) in [5.74, 6) is 6.02. The summed E-state index contributed by atoms with van der Waals surface area (Å²) < 4.78 is 0. The second-order valence-electron chi connectivity index (χ2n) is 3.53. The van der Waals surface area contributed by atoms with E-state index in [1.807, 2.05) is 24.3 Å². The van der Waals surface area contributed by atoms with Crippen LogP contribution in [0.1, 0.15) is 11.1 Å². The number of nitrogen functional groups attached to an aromatic ring is 1. The molecular formula is C14H9Cl2N. The SMILES string of the molecule is Nc1ccc(C#Cc2cc(Cl)cc(Cl)c2)cc1. The Kier molecular flexibility index (Phi) is 3.58. The van der Waals surface area contributed by atoms with Gasteiger partial charge in [0.25, 0.3) is 0 Å². The summed E-state index contributed by atoms with van der Waals surface area (Å²) in [6, 6.07) is 12.6. The monoisotopic (exact) mass is 261 g/mol. The van der Waals surface area contributed by atoms with Gasteiger partial charge in [-0.1, -0.05) is 35.0 Å². The fraction of sp³-hybridized carbons (Fsp3) is 0. The maximum atomic E-state index is 5.88. The lowest BCUT2D eigenvalue weighted by Crippen LogP contribution is -1.83. The molecule has 0 bridgehead atoms. The van der Waals surface area contributed by atoms with Crippen molar-refractivity contribution in [1.29, 1.82) is 0 Å². The highest BCUT2D eigenvalue weighted by Gasteiger charge is 1.94. The van der Waals surface area contributed by atoms with Crippen LogP contribution in [-0.4, -0.2) is 0 Å². The molecule has 0 saturated heterocycles. The number of anilines is 1. The van der Waals surface area contributed by atoms with Crippen molar-refractivity contribution < 1.29 is 0 Å². The third-order valence-corrected chi connectivity index (χ3v) is 2.56. The zero-order chi connectivity index (χ0) is 12.3. The first-order chi connectivity index (χ1) is 8.13. The largest absolute Gasteiger partial charge is 0.399 e. The first-order valence-corrected chi connectivity index (χ1v) is 5.73. The lowest BCUT2D eigenvalue weighted by molar-refractivity contribution is 1.61. The lowest BCUT2D eigenvalue weighted by Gasteiger charge is -1.95. The second-order valence-corrected chi connectivity index (χ2v) is 4.40. The van der Waals surface area contributed by atoms with Crippen molar-refractivity contribution in [2.45, 2.75) is 0 Å². The Morgan fingerprint density at radius 1 is 0.765 bits per heavy atom. The van der Waals surface area contributed by atoms with E-state index in [9.17, 15) is 0 Å². The molecule has 0 aromatic heterocycles. The third kappa shape index (κ3) is 3.42. The highest BCUT2D eigenvalue weighted by Crippen LogP contribution is 2.18. The molecule has 0 radical (unpaired) electrons. The van der Waals surface area contributed by atoms with Crippen molar-refractivity contribution in [2.24, 2.45) is 0 Å². The van der Waals surface area contributed by atoms with Crippen LogP contribution in [0.25, 0.3) is 0 Å². The van der Waals surface area contributed by atoms with Crippen LogP contribution in [0.3, 0.4) is 0 Å². The van der Waals surface area contributed by atoms with Gasteiger partial charge in [0.1, 0.15) is 0 Å². The summed E-state index contributed by atoms with van der Waals surface area (Å²) in [6.45, 7) is 0. The number of benzene rings is 2. The predicted octanol–water partition coefficient (Wildman–Crippen LogP) is 3.98. The van der Waals surface area contributed by atoms with Crippen LogP contribution in [0.5, 0.6) is 0 Å². The maximum absolute atomic E-state index is 5.88. The highest BCUT2D eigenvalue weighted by atomic mass is 35.5. The van der Waals surface area contributed by atoms with E-state index in [0.29, 0.717) is 10.0 Å². The number of halogens is 2. The molecule has 0 amide bonds. The van der Waals surface area contributed by atoms with Gasteiger partial charge in [-0.15, -0.1) is 0 Å². The molecule has 0 unspecified atom stereocenters. The van der Waals surface area contributed by atoms with Crippen LogP contribution in [0, 0.1) is 11.8 Å². The van der Waals surface area contributed by atoms with Crippen LogP contribution in [0.4, 0.5) is 5.69 Å². The molecular weight excluding hydrogens is 253 g/mol. The summed E-state index contributed by atoms with van der Waals surface area (Å²) in [5.41, 5.74) is 8.00. The lowest BCUT2D eigenvalue weighted by atomic mass is 10.2. The van der Waals surface area contributed by atoms with Gasteiger partial charge in [-0.25, -0.2) is 0 Å². The normalized spacial score (nSPS) is 9.53. The minimum Gasteiger partial charge on any atom is -0.399 e. The fourth-order valence-corrected chi connectivity index (χ4v) is 1.86. The van der Waals surface area contributed by atoms with Crippen molar-refractivity contribution in [2.75, 3.05) is 5.73 Å². The Labute approximate surface area is 110 Å². The van der Waals surface area contributed by atoms with E-state index in [2.05, 4.69) is 11.8 Å². The van der Waals surface area contributed by atoms with E-state index in [1.54, 1.807) is 18.2 Å². The Bertz CT molecular complexity index is 572. The molecule has 0 spiro atoms. The first-order valence-electron chi connectivity index (χ1n) is 4.97. The van der Waals surface area contributed by atoms with Crippen molar-refractivity contribution in [3.63, 3.8) is 0 Å². The first kappa shape index (κ1) is 11.9. The van der Waals surface area contributed by atoms with E-state index in [4.69, 9.17) is 28.9 Å². The van der Waals surface area contributed by atoms with E-state index in [-0.39, 0.29) is 0 Å². The topological polar surface area (TPSA) is 26.0 Å². The predicted molar refractivity (Wildman–Crippen MR) is 73.3 cm³/mol. The molecule has 0 aliphatic rings. The van der Waals surface area contributed by atoms with Gasteiger partial charge in [0, 0.05) is 26.9 Å². The van der Waals surface area contributed by atoms with Gasteiger partial charge in [0.15, 0.2) is 0 Å². The average Bonchev–Trinajstić information content (AvgIpc) is 2.27. The number of hydrogen-bond acceptors (Lipinski definition) is 1. The van der Waals surface area contributed by atoms with Crippen LogP contribution >= 0.6 is 23.2 Å². The van der Waals surface area contributed by atoms with Gasteiger partial charge in [-0.05, 0) is 42.5 Å². The highest BCUT2D eigenvalue weighted by molar-refractivity contribution is 6.34.